The Balaban J connectivity index is 1.96. The fourth-order valence-electron chi connectivity index (χ4n) is 4.31. The number of benzene rings is 2. The average molecular weight is 534 g/mol. The zero-order valence-electron chi connectivity index (χ0n) is 21.2. The summed E-state index contributed by atoms with van der Waals surface area (Å²) in [5.74, 6) is -0.569. The molecule has 0 bridgehead atoms. The number of nitrogens with one attached hydrogen (secondary N) is 1. The maximum atomic E-state index is 14.1. The highest BCUT2D eigenvalue weighted by Gasteiger charge is 2.23. The van der Waals surface area contributed by atoms with E-state index in [-0.39, 0.29) is 17.9 Å². The van der Waals surface area contributed by atoms with Gasteiger partial charge in [-0.25, -0.2) is 4.98 Å². The molecule has 4 aromatic rings. The number of carbonyl (C=O) groups is 2. The first-order chi connectivity index (χ1) is 17.7. The van der Waals surface area contributed by atoms with Crippen LogP contribution in [0.3, 0.4) is 0 Å². The summed E-state index contributed by atoms with van der Waals surface area (Å²) in [7, 11) is 0. The lowest BCUT2D eigenvalue weighted by molar-refractivity contribution is -0.116. The first-order valence-corrected chi connectivity index (χ1v) is 13.4. The molecule has 0 saturated heterocycles. The minimum Gasteiger partial charge on any atom is -0.345 e. The van der Waals surface area contributed by atoms with Gasteiger partial charge in [0.25, 0.3) is 11.5 Å². The number of aryl methyl sites for hydroxylation is 2. The number of amides is 1. The van der Waals surface area contributed by atoms with E-state index < -0.39 is 5.91 Å². The van der Waals surface area contributed by atoms with Gasteiger partial charge >= 0.3 is 0 Å². The van der Waals surface area contributed by atoms with Crippen molar-refractivity contribution in [2.75, 3.05) is 6.54 Å². The third-order valence-corrected chi connectivity index (χ3v) is 7.38. The SMILES string of the molecule is CCc1cccc(CC)c1-n1c(C)c(C(=O)NCC(C)=O)cc(-c2nc(-c3ccc(Cl)cc3)cs2)c1=O. The zero-order valence-corrected chi connectivity index (χ0v) is 22.8. The molecule has 0 atom stereocenters. The molecule has 8 heteroatoms. The maximum Gasteiger partial charge on any atom is 0.265 e. The molecule has 190 valence electrons. The van der Waals surface area contributed by atoms with E-state index in [0.717, 1.165) is 35.2 Å². The molecular weight excluding hydrogens is 506 g/mol. The monoisotopic (exact) mass is 533 g/mol. The summed E-state index contributed by atoms with van der Waals surface area (Å²) in [6.07, 6.45) is 1.45. The molecule has 4 rings (SSSR count). The lowest BCUT2D eigenvalue weighted by Gasteiger charge is -2.21. The van der Waals surface area contributed by atoms with Crippen LogP contribution in [0.2, 0.25) is 5.02 Å². The van der Waals surface area contributed by atoms with Gasteiger partial charge in [0.05, 0.1) is 29.1 Å². The highest BCUT2D eigenvalue weighted by molar-refractivity contribution is 7.13. The largest absolute Gasteiger partial charge is 0.345 e. The Morgan fingerprint density at radius 1 is 1.05 bits per heavy atom. The van der Waals surface area contributed by atoms with E-state index in [1.54, 1.807) is 29.7 Å². The molecule has 0 saturated carbocycles. The summed E-state index contributed by atoms with van der Waals surface area (Å²) < 4.78 is 1.64. The summed E-state index contributed by atoms with van der Waals surface area (Å²) in [6.45, 7) is 7.18. The van der Waals surface area contributed by atoms with Crippen LogP contribution in [0.25, 0.3) is 27.5 Å². The molecule has 2 heterocycles. The van der Waals surface area contributed by atoms with Gasteiger partial charge in [-0.3, -0.25) is 19.0 Å². The van der Waals surface area contributed by atoms with Crippen LogP contribution in [0, 0.1) is 6.92 Å². The first-order valence-electron chi connectivity index (χ1n) is 12.1. The fraction of sp³-hybridized carbons (Fsp3) is 0.241. The summed E-state index contributed by atoms with van der Waals surface area (Å²) in [4.78, 5) is 43.6. The van der Waals surface area contributed by atoms with Crippen LogP contribution >= 0.6 is 22.9 Å². The average Bonchev–Trinajstić information content (AvgIpc) is 3.37. The molecule has 1 N–H and O–H groups in total. The molecule has 0 radical (unpaired) electrons. The summed E-state index contributed by atoms with van der Waals surface area (Å²) in [5.41, 5.74) is 5.34. The molecule has 6 nitrogen and oxygen atoms in total. The number of ketones is 1. The van der Waals surface area contributed by atoms with Gasteiger partial charge in [-0.05, 0) is 56.0 Å². The molecule has 0 fully saturated rings. The molecule has 1 amide bonds. The lowest BCUT2D eigenvalue weighted by Crippen LogP contribution is -2.32. The maximum absolute atomic E-state index is 14.1. The quantitative estimate of drug-likeness (QED) is 0.300. The number of pyridine rings is 1. The number of hydrogen-bond donors (Lipinski definition) is 1. The number of rotatable bonds is 8. The second-order valence-electron chi connectivity index (χ2n) is 8.76. The van der Waals surface area contributed by atoms with Gasteiger partial charge in [-0.1, -0.05) is 55.8 Å². The Morgan fingerprint density at radius 3 is 2.30 bits per heavy atom. The minimum atomic E-state index is -0.413. The van der Waals surface area contributed by atoms with Crippen LogP contribution in [0.15, 0.2) is 58.7 Å². The van der Waals surface area contributed by atoms with Crippen LogP contribution in [0.5, 0.6) is 0 Å². The lowest BCUT2D eigenvalue weighted by atomic mass is 10.0. The Hall–Kier alpha value is -3.55. The number of thiazole rings is 1. The van der Waals surface area contributed by atoms with Crippen molar-refractivity contribution in [1.82, 2.24) is 14.9 Å². The van der Waals surface area contributed by atoms with Crippen LogP contribution in [0.1, 0.15) is 48.0 Å². The molecule has 0 aliphatic carbocycles. The molecule has 0 spiro atoms. The topological polar surface area (TPSA) is 81.1 Å². The molecule has 0 aliphatic rings. The van der Waals surface area contributed by atoms with Crippen molar-refractivity contribution < 1.29 is 9.59 Å². The highest BCUT2D eigenvalue weighted by atomic mass is 35.5. The van der Waals surface area contributed by atoms with Crippen molar-refractivity contribution in [1.29, 1.82) is 0 Å². The van der Waals surface area contributed by atoms with Crippen LogP contribution in [0.4, 0.5) is 0 Å². The minimum absolute atomic E-state index is 0.0868. The van der Waals surface area contributed by atoms with Crippen molar-refractivity contribution in [3.05, 3.63) is 91.7 Å². The number of halogens is 1. The molecular formula is C29H28ClN3O3S. The van der Waals surface area contributed by atoms with Gasteiger partial charge in [0.15, 0.2) is 0 Å². The van der Waals surface area contributed by atoms with Crippen LogP contribution < -0.4 is 10.9 Å². The van der Waals surface area contributed by atoms with Crippen molar-refractivity contribution in [2.24, 2.45) is 0 Å². The van der Waals surface area contributed by atoms with Crippen molar-refractivity contribution in [3.8, 4) is 27.5 Å². The Bertz CT molecular complexity index is 1510. The van der Waals surface area contributed by atoms with Gasteiger partial charge in [0.2, 0.25) is 0 Å². The molecule has 0 aliphatic heterocycles. The van der Waals surface area contributed by atoms with E-state index in [1.165, 1.54) is 18.3 Å². The number of carbonyl (C=O) groups excluding carboxylic acids is 2. The number of Topliss-reactive ketones (excluding diaryl/α,β-unsaturated/α-hetero) is 1. The fourth-order valence-corrected chi connectivity index (χ4v) is 5.27. The molecule has 0 unspecified atom stereocenters. The van der Waals surface area contributed by atoms with E-state index in [9.17, 15) is 14.4 Å². The number of aromatic nitrogens is 2. The summed E-state index contributed by atoms with van der Waals surface area (Å²) >= 11 is 7.37. The summed E-state index contributed by atoms with van der Waals surface area (Å²) in [5, 5.41) is 5.70. The normalized spacial score (nSPS) is 10.9. The van der Waals surface area contributed by atoms with Crippen LogP contribution in [-0.4, -0.2) is 27.8 Å². The van der Waals surface area contributed by atoms with Crippen molar-refractivity contribution in [2.45, 2.75) is 40.5 Å². The van der Waals surface area contributed by atoms with E-state index in [4.69, 9.17) is 16.6 Å². The van der Waals surface area contributed by atoms with Crippen LogP contribution in [-0.2, 0) is 17.6 Å². The van der Waals surface area contributed by atoms with E-state index in [1.807, 2.05) is 49.6 Å². The highest BCUT2D eigenvalue weighted by Crippen LogP contribution is 2.30. The van der Waals surface area contributed by atoms with E-state index in [2.05, 4.69) is 5.32 Å². The molecule has 2 aromatic heterocycles. The Morgan fingerprint density at radius 2 is 1.70 bits per heavy atom. The van der Waals surface area contributed by atoms with Gasteiger partial charge in [-0.15, -0.1) is 11.3 Å². The van der Waals surface area contributed by atoms with Crippen molar-refractivity contribution in [3.63, 3.8) is 0 Å². The Kier molecular flexibility index (Phi) is 8.05. The molecule has 37 heavy (non-hydrogen) atoms. The Labute approximate surface area is 225 Å². The van der Waals surface area contributed by atoms with Gasteiger partial charge in [-0.2, -0.15) is 0 Å². The second-order valence-corrected chi connectivity index (χ2v) is 10.1. The first kappa shape index (κ1) is 26.5. The predicted molar refractivity (Wildman–Crippen MR) is 150 cm³/mol. The predicted octanol–water partition coefficient (Wildman–Crippen LogP) is 6.03. The van der Waals surface area contributed by atoms with Gasteiger partial charge in [0, 0.05) is 21.7 Å². The standard InChI is InChI=1S/C29H28ClN3O3S/c1-5-19-8-7-9-20(6-2)26(19)33-18(4)23(27(35)31-15-17(3)34)14-24(29(33)36)28-32-25(16-37-28)21-10-12-22(30)13-11-21/h7-14,16H,5-6,15H2,1-4H3,(H,31,35). The smallest absolute Gasteiger partial charge is 0.265 e. The number of para-hydroxylation sites is 1. The molecule has 2 aromatic carbocycles. The summed E-state index contributed by atoms with van der Waals surface area (Å²) in [6, 6.07) is 14.9. The second kappa shape index (κ2) is 11.2. The zero-order chi connectivity index (χ0) is 26.7. The van der Waals surface area contributed by atoms with E-state index in [0.29, 0.717) is 32.5 Å². The third kappa shape index (κ3) is 5.43. The number of nitrogens with zero attached hydrogens (tertiary/aromatic N) is 2. The van der Waals surface area contributed by atoms with Gasteiger partial charge < -0.3 is 5.32 Å². The van der Waals surface area contributed by atoms with Crippen molar-refractivity contribution >= 4 is 34.6 Å². The van der Waals surface area contributed by atoms with Gasteiger partial charge in [0.1, 0.15) is 10.8 Å². The van der Waals surface area contributed by atoms with E-state index >= 15 is 0 Å². The third-order valence-electron chi connectivity index (χ3n) is 6.25. The number of hydrogen-bond acceptors (Lipinski definition) is 5.